The van der Waals surface area contributed by atoms with Gasteiger partial charge in [-0.05, 0) is 37.3 Å². The number of halogens is 9. The third-order valence-electron chi connectivity index (χ3n) is 5.01. The summed E-state index contributed by atoms with van der Waals surface area (Å²) >= 11 is 0. The van der Waals surface area contributed by atoms with Crippen molar-refractivity contribution < 1.29 is 44.3 Å². The molecule has 3 rings (SSSR count). The number of alkyl halides is 9. The molecule has 6 nitrogen and oxygen atoms in total. The van der Waals surface area contributed by atoms with E-state index in [0.29, 0.717) is 4.90 Å². The Kier molecular flexibility index (Phi) is 7.32. The van der Waals surface area contributed by atoms with E-state index in [9.17, 15) is 44.3 Å². The Balaban J connectivity index is 2.09. The highest BCUT2D eigenvalue weighted by atomic mass is 19.4. The standard InChI is InChI=1S/C21H16F9N5O/c1-12(17-32-11-33-35(17)16-4-2-3-6-31-16)34(7-5-19(22,23)24)18(36)13-8-14(20(25,26)27)10-15(9-13)21(28,29)30/h2-4,6,8-12H,5,7H2,1H3. The van der Waals surface area contributed by atoms with Gasteiger partial charge in [-0.3, -0.25) is 4.79 Å². The first kappa shape index (κ1) is 26.9. The Bertz CT molecular complexity index is 1170. The minimum atomic E-state index is -5.25. The molecule has 1 amide bonds. The van der Waals surface area contributed by atoms with Crippen molar-refractivity contribution in [3.05, 3.63) is 71.4 Å². The summed E-state index contributed by atoms with van der Waals surface area (Å²) < 4.78 is 120. The highest BCUT2D eigenvalue weighted by Gasteiger charge is 2.39. The minimum Gasteiger partial charge on any atom is -0.328 e. The molecule has 1 atom stereocenters. The van der Waals surface area contributed by atoms with Gasteiger partial charge in [0, 0.05) is 18.3 Å². The summed E-state index contributed by atoms with van der Waals surface area (Å²) in [5.41, 5.74) is -4.64. The number of carbonyl (C=O) groups excluding carboxylic acids is 1. The van der Waals surface area contributed by atoms with Gasteiger partial charge >= 0.3 is 18.5 Å². The van der Waals surface area contributed by atoms with E-state index in [1.54, 1.807) is 12.1 Å². The van der Waals surface area contributed by atoms with Gasteiger partial charge in [0.25, 0.3) is 5.91 Å². The molecule has 0 radical (unpaired) electrons. The average Bonchev–Trinajstić information content (AvgIpc) is 3.27. The Hall–Kier alpha value is -3.65. The van der Waals surface area contributed by atoms with Crippen LogP contribution in [0.3, 0.4) is 0 Å². The Morgan fingerprint density at radius 1 is 0.944 bits per heavy atom. The number of aromatic nitrogens is 4. The predicted octanol–water partition coefficient (Wildman–Crippen LogP) is 5.86. The molecule has 0 saturated carbocycles. The quantitative estimate of drug-likeness (QED) is 0.379. The SMILES string of the molecule is CC(c1ncnn1-c1ccccn1)N(CCC(F)(F)F)C(=O)c1cc(C(F)(F)F)cc(C(F)(F)F)c1. The van der Waals surface area contributed by atoms with E-state index in [0.717, 1.165) is 11.0 Å². The second kappa shape index (κ2) is 9.78. The zero-order chi connectivity index (χ0) is 26.9. The number of nitrogens with zero attached hydrogens (tertiary/aromatic N) is 5. The fraction of sp³-hybridized carbons (Fsp3) is 0.333. The largest absolute Gasteiger partial charge is 0.416 e. The van der Waals surface area contributed by atoms with Crippen molar-refractivity contribution in [1.29, 1.82) is 0 Å². The zero-order valence-corrected chi connectivity index (χ0v) is 18.2. The molecule has 0 spiro atoms. The lowest BCUT2D eigenvalue weighted by atomic mass is 10.0. The average molecular weight is 525 g/mol. The molecule has 0 N–H and O–H groups in total. The number of amides is 1. The van der Waals surface area contributed by atoms with Crippen LogP contribution < -0.4 is 0 Å². The Morgan fingerprint density at radius 3 is 2.06 bits per heavy atom. The Labute approximate surface area is 197 Å². The number of pyridine rings is 1. The van der Waals surface area contributed by atoms with Crippen LogP contribution in [-0.4, -0.2) is 43.3 Å². The van der Waals surface area contributed by atoms with Crippen LogP contribution in [0.4, 0.5) is 39.5 Å². The maximum Gasteiger partial charge on any atom is 0.416 e. The van der Waals surface area contributed by atoms with E-state index in [2.05, 4.69) is 15.1 Å². The van der Waals surface area contributed by atoms with Crippen LogP contribution in [0, 0.1) is 0 Å². The summed E-state index contributed by atoms with van der Waals surface area (Å²) in [7, 11) is 0. The van der Waals surface area contributed by atoms with Crippen molar-refractivity contribution in [2.45, 2.75) is 37.9 Å². The van der Waals surface area contributed by atoms with Gasteiger partial charge in [-0.25, -0.2) is 9.97 Å². The van der Waals surface area contributed by atoms with Crippen LogP contribution in [0.25, 0.3) is 5.82 Å². The van der Waals surface area contributed by atoms with Gasteiger partial charge < -0.3 is 4.90 Å². The number of hydrogen-bond acceptors (Lipinski definition) is 4. The number of hydrogen-bond donors (Lipinski definition) is 0. The van der Waals surface area contributed by atoms with Crippen LogP contribution in [0.1, 0.15) is 46.7 Å². The fourth-order valence-corrected chi connectivity index (χ4v) is 3.29. The van der Waals surface area contributed by atoms with E-state index < -0.39 is 60.1 Å². The topological polar surface area (TPSA) is 63.9 Å². The summed E-state index contributed by atoms with van der Waals surface area (Å²) in [4.78, 5) is 21.6. The molecule has 0 aliphatic heterocycles. The van der Waals surface area contributed by atoms with Crippen molar-refractivity contribution in [2.75, 3.05) is 6.54 Å². The summed E-state index contributed by atoms with van der Waals surface area (Å²) in [6.07, 6.45) is -14.5. The van der Waals surface area contributed by atoms with E-state index in [4.69, 9.17) is 0 Å². The normalized spacial score (nSPS) is 13.5. The number of benzene rings is 1. The van der Waals surface area contributed by atoms with Crippen LogP contribution in [0.15, 0.2) is 48.9 Å². The first-order chi connectivity index (χ1) is 16.6. The summed E-state index contributed by atoms with van der Waals surface area (Å²) in [6, 6.07) is 3.38. The highest BCUT2D eigenvalue weighted by molar-refractivity contribution is 5.95. The molecule has 2 aromatic heterocycles. The molecular weight excluding hydrogens is 509 g/mol. The minimum absolute atomic E-state index is 0.118. The van der Waals surface area contributed by atoms with Gasteiger partial charge in [0.15, 0.2) is 11.6 Å². The van der Waals surface area contributed by atoms with E-state index in [1.165, 1.54) is 19.2 Å². The molecule has 1 aromatic carbocycles. The summed E-state index contributed by atoms with van der Waals surface area (Å²) in [5.74, 6) is -1.44. The molecule has 1 unspecified atom stereocenters. The summed E-state index contributed by atoms with van der Waals surface area (Å²) in [5, 5.41) is 3.91. The predicted molar refractivity (Wildman–Crippen MR) is 106 cm³/mol. The molecule has 2 heterocycles. The second-order valence-electron chi connectivity index (χ2n) is 7.55. The van der Waals surface area contributed by atoms with Gasteiger partial charge in [-0.2, -0.15) is 49.3 Å². The monoisotopic (exact) mass is 525 g/mol. The van der Waals surface area contributed by atoms with Crippen LogP contribution in [-0.2, 0) is 12.4 Å². The van der Waals surface area contributed by atoms with Crippen molar-refractivity contribution in [3.63, 3.8) is 0 Å². The van der Waals surface area contributed by atoms with Crippen molar-refractivity contribution in [2.24, 2.45) is 0 Å². The molecule has 0 aliphatic rings. The van der Waals surface area contributed by atoms with E-state index in [-0.39, 0.29) is 29.8 Å². The fourth-order valence-electron chi connectivity index (χ4n) is 3.29. The second-order valence-corrected chi connectivity index (χ2v) is 7.55. The first-order valence-corrected chi connectivity index (χ1v) is 10.1. The van der Waals surface area contributed by atoms with Gasteiger partial charge in [0.1, 0.15) is 6.33 Å². The van der Waals surface area contributed by atoms with Gasteiger partial charge in [-0.1, -0.05) is 6.07 Å². The molecule has 15 heteroatoms. The summed E-state index contributed by atoms with van der Waals surface area (Å²) in [6.45, 7) is 0.145. The molecule has 36 heavy (non-hydrogen) atoms. The van der Waals surface area contributed by atoms with Crippen molar-refractivity contribution >= 4 is 5.91 Å². The lowest BCUT2D eigenvalue weighted by Crippen LogP contribution is -2.37. The maximum absolute atomic E-state index is 13.3. The first-order valence-electron chi connectivity index (χ1n) is 10.1. The molecule has 194 valence electrons. The van der Waals surface area contributed by atoms with Crippen LogP contribution in [0.5, 0.6) is 0 Å². The molecular formula is C21H16F9N5O. The third kappa shape index (κ3) is 6.31. The number of carbonyl (C=O) groups is 1. The molecule has 0 aliphatic carbocycles. The van der Waals surface area contributed by atoms with Crippen LogP contribution >= 0.6 is 0 Å². The smallest absolute Gasteiger partial charge is 0.328 e. The zero-order valence-electron chi connectivity index (χ0n) is 18.2. The third-order valence-corrected chi connectivity index (χ3v) is 5.01. The maximum atomic E-state index is 13.3. The number of rotatable bonds is 6. The van der Waals surface area contributed by atoms with Crippen LogP contribution in [0.2, 0.25) is 0 Å². The van der Waals surface area contributed by atoms with Gasteiger partial charge in [0.05, 0.1) is 23.6 Å². The van der Waals surface area contributed by atoms with Gasteiger partial charge in [0.2, 0.25) is 0 Å². The van der Waals surface area contributed by atoms with Crippen molar-refractivity contribution in [1.82, 2.24) is 24.6 Å². The van der Waals surface area contributed by atoms with E-state index >= 15 is 0 Å². The van der Waals surface area contributed by atoms with E-state index in [1.807, 2.05) is 0 Å². The molecule has 0 saturated heterocycles. The van der Waals surface area contributed by atoms with Crippen molar-refractivity contribution in [3.8, 4) is 5.82 Å². The molecule has 3 aromatic rings. The molecule has 0 fully saturated rings. The van der Waals surface area contributed by atoms with Gasteiger partial charge in [-0.15, -0.1) is 0 Å². The lowest BCUT2D eigenvalue weighted by Gasteiger charge is -2.30. The highest BCUT2D eigenvalue weighted by Crippen LogP contribution is 2.37. The Morgan fingerprint density at radius 2 is 1.56 bits per heavy atom. The lowest BCUT2D eigenvalue weighted by molar-refractivity contribution is -0.143. The molecule has 0 bridgehead atoms.